The van der Waals surface area contributed by atoms with Crippen molar-refractivity contribution >= 4 is 22.9 Å². The van der Waals surface area contributed by atoms with E-state index in [1.54, 1.807) is 11.3 Å². The van der Waals surface area contributed by atoms with Crippen molar-refractivity contribution in [2.45, 2.75) is 33.6 Å². The zero-order valence-corrected chi connectivity index (χ0v) is 14.0. The molecule has 0 unspecified atom stereocenters. The van der Waals surface area contributed by atoms with E-state index in [1.807, 2.05) is 56.5 Å². The average molecular weight is 312 g/mol. The summed E-state index contributed by atoms with van der Waals surface area (Å²) in [7, 11) is 0. The van der Waals surface area contributed by atoms with Crippen LogP contribution < -0.4 is 5.32 Å². The Balaban J connectivity index is 2.14. The monoisotopic (exact) mass is 312 g/mol. The van der Waals surface area contributed by atoms with Gasteiger partial charge in [0.05, 0.1) is 17.0 Å². The molecule has 3 nitrogen and oxygen atoms in total. The van der Waals surface area contributed by atoms with Gasteiger partial charge in [-0.3, -0.25) is 4.79 Å². The Bertz CT molecular complexity index is 710. The van der Waals surface area contributed by atoms with Crippen LogP contribution in [0.4, 0.5) is 5.69 Å². The van der Waals surface area contributed by atoms with E-state index < -0.39 is 0 Å². The van der Waals surface area contributed by atoms with Gasteiger partial charge in [0.1, 0.15) is 0 Å². The highest BCUT2D eigenvalue weighted by Crippen LogP contribution is 2.25. The van der Waals surface area contributed by atoms with Gasteiger partial charge >= 0.3 is 0 Å². The highest BCUT2D eigenvalue weighted by atomic mass is 32.1. The molecule has 0 aliphatic rings. The van der Waals surface area contributed by atoms with Gasteiger partial charge in [-0.15, -0.1) is 11.3 Å². The van der Waals surface area contributed by atoms with Gasteiger partial charge in [-0.05, 0) is 56.7 Å². The molecule has 0 atom stereocenters. The van der Waals surface area contributed by atoms with Gasteiger partial charge < -0.3 is 5.32 Å². The van der Waals surface area contributed by atoms with Crippen LogP contribution in [0.15, 0.2) is 35.7 Å². The van der Waals surface area contributed by atoms with Crippen molar-refractivity contribution in [3.8, 4) is 6.07 Å². The lowest BCUT2D eigenvalue weighted by Crippen LogP contribution is -2.14. The lowest BCUT2D eigenvalue weighted by atomic mass is 9.87. The minimum absolute atomic E-state index is 0.0780. The lowest BCUT2D eigenvalue weighted by molar-refractivity contribution is 0.102. The summed E-state index contributed by atoms with van der Waals surface area (Å²) < 4.78 is 0. The number of aryl methyl sites for hydroxylation is 2. The van der Waals surface area contributed by atoms with Crippen molar-refractivity contribution < 1.29 is 4.79 Å². The molecule has 0 aliphatic heterocycles. The summed E-state index contributed by atoms with van der Waals surface area (Å²) in [6, 6.07) is 11.9. The number of para-hydroxylation sites is 1. The van der Waals surface area contributed by atoms with Gasteiger partial charge in [0, 0.05) is 10.6 Å². The third-order valence-corrected chi connectivity index (χ3v) is 4.54. The average Bonchev–Trinajstić information content (AvgIpc) is 2.93. The predicted octanol–water partition coefficient (Wildman–Crippen LogP) is 4.79. The van der Waals surface area contributed by atoms with Crippen LogP contribution in [0.2, 0.25) is 0 Å². The van der Waals surface area contributed by atoms with E-state index in [0.29, 0.717) is 0 Å². The minimum atomic E-state index is -0.360. The number of benzene rings is 1. The Morgan fingerprint density at radius 1 is 1.32 bits per heavy atom. The second kappa shape index (κ2) is 6.76. The molecule has 0 saturated heterocycles. The highest BCUT2D eigenvalue weighted by molar-refractivity contribution is 7.10. The summed E-state index contributed by atoms with van der Waals surface area (Å²) >= 11 is 1.57. The molecule has 2 aromatic rings. The molecule has 4 heteroatoms. The Morgan fingerprint density at radius 3 is 2.68 bits per heavy atom. The number of thiophene rings is 1. The first-order valence-electron chi connectivity index (χ1n) is 7.27. The minimum Gasteiger partial charge on any atom is -0.322 e. The molecule has 0 bridgehead atoms. The summed E-state index contributed by atoms with van der Waals surface area (Å²) in [5.74, 6) is -0.0780. The van der Waals surface area contributed by atoms with Gasteiger partial charge in [-0.1, -0.05) is 18.2 Å². The van der Waals surface area contributed by atoms with Crippen molar-refractivity contribution in [3.05, 3.63) is 51.7 Å². The lowest BCUT2D eigenvalue weighted by Gasteiger charge is -2.16. The fourth-order valence-corrected chi connectivity index (χ4v) is 2.87. The number of nitrogens with zero attached hydrogens (tertiary/aromatic N) is 1. The zero-order chi connectivity index (χ0) is 16.2. The maximum atomic E-state index is 12.3. The Kier molecular flexibility index (Phi) is 4.99. The fourth-order valence-electron chi connectivity index (χ4n) is 2.17. The first kappa shape index (κ1) is 16.3. The summed E-state index contributed by atoms with van der Waals surface area (Å²) in [6.45, 7) is 5.81. The van der Waals surface area contributed by atoms with Crippen LogP contribution in [-0.2, 0) is 6.42 Å². The molecule has 1 aromatic carbocycles. The van der Waals surface area contributed by atoms with Crippen molar-refractivity contribution in [1.82, 2.24) is 0 Å². The molecule has 1 amide bonds. The SMILES string of the molecule is Cc1sccc1C(=O)Nc1ccccc1CCC(C)(C)C#N. The van der Waals surface area contributed by atoms with Gasteiger partial charge in [0.25, 0.3) is 5.91 Å². The van der Waals surface area contributed by atoms with Crippen LogP contribution in [0.25, 0.3) is 0 Å². The second-order valence-corrected chi connectivity index (χ2v) is 7.12. The molecule has 2 rings (SSSR count). The van der Waals surface area contributed by atoms with Crippen molar-refractivity contribution in [2.75, 3.05) is 5.32 Å². The van der Waals surface area contributed by atoms with E-state index in [4.69, 9.17) is 5.26 Å². The standard InChI is InChI=1S/C18H20N2OS/c1-13-15(9-11-22-13)17(21)20-16-7-5-4-6-14(16)8-10-18(2,3)12-19/h4-7,9,11H,8,10H2,1-3H3,(H,20,21). The quantitative estimate of drug-likeness (QED) is 0.863. The Hall–Kier alpha value is -2.12. The highest BCUT2D eigenvalue weighted by Gasteiger charge is 2.18. The van der Waals surface area contributed by atoms with E-state index in [0.717, 1.165) is 34.5 Å². The summed E-state index contributed by atoms with van der Waals surface area (Å²) in [5, 5.41) is 14.0. The van der Waals surface area contributed by atoms with Crippen LogP contribution in [-0.4, -0.2) is 5.91 Å². The van der Waals surface area contributed by atoms with E-state index >= 15 is 0 Å². The van der Waals surface area contributed by atoms with Crippen LogP contribution in [0.5, 0.6) is 0 Å². The number of hydrogen-bond donors (Lipinski definition) is 1. The van der Waals surface area contributed by atoms with Crippen molar-refractivity contribution in [3.63, 3.8) is 0 Å². The predicted molar refractivity (Wildman–Crippen MR) is 91.2 cm³/mol. The Labute approximate surface area is 135 Å². The molecule has 0 fully saturated rings. The topological polar surface area (TPSA) is 52.9 Å². The molecule has 114 valence electrons. The maximum Gasteiger partial charge on any atom is 0.256 e. The second-order valence-electron chi connectivity index (χ2n) is 6.00. The van der Waals surface area contributed by atoms with Crippen molar-refractivity contribution in [1.29, 1.82) is 5.26 Å². The van der Waals surface area contributed by atoms with Crippen LogP contribution in [0.3, 0.4) is 0 Å². The number of hydrogen-bond acceptors (Lipinski definition) is 3. The summed E-state index contributed by atoms with van der Waals surface area (Å²) in [5.41, 5.74) is 2.25. The number of nitriles is 1. The van der Waals surface area contributed by atoms with Crippen LogP contribution >= 0.6 is 11.3 Å². The number of carbonyl (C=O) groups excluding carboxylic acids is 1. The normalized spacial score (nSPS) is 11.0. The van der Waals surface area contributed by atoms with Crippen LogP contribution in [0.1, 0.15) is 41.1 Å². The number of amides is 1. The van der Waals surface area contributed by atoms with Crippen molar-refractivity contribution in [2.24, 2.45) is 5.41 Å². The van der Waals surface area contributed by atoms with Gasteiger partial charge in [0.15, 0.2) is 0 Å². The van der Waals surface area contributed by atoms with E-state index in [2.05, 4.69) is 11.4 Å². The molecule has 0 aliphatic carbocycles. The molecule has 22 heavy (non-hydrogen) atoms. The maximum absolute atomic E-state index is 12.3. The van der Waals surface area contributed by atoms with E-state index in [-0.39, 0.29) is 11.3 Å². The first-order valence-corrected chi connectivity index (χ1v) is 8.15. The van der Waals surface area contributed by atoms with Gasteiger partial charge in [0.2, 0.25) is 0 Å². The molecule has 1 aromatic heterocycles. The number of rotatable bonds is 5. The first-order chi connectivity index (χ1) is 10.4. The summed E-state index contributed by atoms with van der Waals surface area (Å²) in [6.07, 6.45) is 1.52. The fraction of sp³-hybridized carbons (Fsp3) is 0.333. The smallest absolute Gasteiger partial charge is 0.256 e. The van der Waals surface area contributed by atoms with Gasteiger partial charge in [-0.25, -0.2) is 0 Å². The summed E-state index contributed by atoms with van der Waals surface area (Å²) in [4.78, 5) is 13.4. The zero-order valence-electron chi connectivity index (χ0n) is 13.1. The number of nitrogens with one attached hydrogen (secondary N) is 1. The molecule has 0 radical (unpaired) electrons. The third-order valence-electron chi connectivity index (χ3n) is 3.69. The van der Waals surface area contributed by atoms with Gasteiger partial charge in [-0.2, -0.15) is 5.26 Å². The molecular formula is C18H20N2OS. The number of carbonyl (C=O) groups is 1. The molecular weight excluding hydrogens is 292 g/mol. The number of anilines is 1. The molecule has 0 spiro atoms. The largest absolute Gasteiger partial charge is 0.322 e. The molecule has 0 saturated carbocycles. The Morgan fingerprint density at radius 2 is 2.05 bits per heavy atom. The van der Waals surface area contributed by atoms with E-state index in [9.17, 15) is 4.79 Å². The van der Waals surface area contributed by atoms with E-state index in [1.165, 1.54) is 0 Å². The molecule has 1 N–H and O–H groups in total. The third kappa shape index (κ3) is 3.96. The van der Waals surface area contributed by atoms with Crippen LogP contribution in [0, 0.1) is 23.7 Å². The molecule has 1 heterocycles.